The number of anilines is 4. The molecule has 0 heterocycles. The van der Waals surface area contributed by atoms with Gasteiger partial charge in [-0.2, -0.15) is 0 Å². The lowest BCUT2D eigenvalue weighted by Gasteiger charge is -2.26. The smallest absolute Gasteiger partial charge is 0.0462 e. The van der Waals surface area contributed by atoms with Crippen LogP contribution in [0.4, 0.5) is 22.7 Å². The van der Waals surface area contributed by atoms with Crippen LogP contribution in [0.25, 0.3) is 11.1 Å². The highest BCUT2D eigenvalue weighted by Crippen LogP contribution is 2.36. The summed E-state index contributed by atoms with van der Waals surface area (Å²) < 4.78 is 0. The van der Waals surface area contributed by atoms with Crippen LogP contribution in [0.2, 0.25) is 0 Å². The van der Waals surface area contributed by atoms with E-state index in [-0.39, 0.29) is 0 Å². The molecule has 0 aliphatic heterocycles. The molecule has 2 N–H and O–H groups in total. The number of hydrogen-bond donors (Lipinski definition) is 1. The first kappa shape index (κ1) is 23.6. The zero-order chi connectivity index (χ0) is 23.8. The molecule has 0 fully saturated rings. The zero-order valence-corrected chi connectivity index (χ0v) is 20.5. The lowest BCUT2D eigenvalue weighted by atomic mass is 10.0. The molecule has 0 atom stereocenters. The molecule has 2 nitrogen and oxygen atoms in total. The summed E-state index contributed by atoms with van der Waals surface area (Å²) in [6.07, 6.45) is 7.18. The highest BCUT2D eigenvalue weighted by molar-refractivity contribution is 5.78. The Kier molecular flexibility index (Phi) is 8.04. The first-order valence-electron chi connectivity index (χ1n) is 12.6. The molecular formula is C32H36N2. The second kappa shape index (κ2) is 11.6. The lowest BCUT2D eigenvalue weighted by Crippen LogP contribution is -2.10. The van der Waals surface area contributed by atoms with Gasteiger partial charge in [0, 0.05) is 22.7 Å². The minimum atomic E-state index is 0.788. The normalized spacial score (nSPS) is 10.9. The third kappa shape index (κ3) is 5.88. The van der Waals surface area contributed by atoms with E-state index in [0.29, 0.717) is 0 Å². The summed E-state index contributed by atoms with van der Waals surface area (Å²) in [4.78, 5) is 2.35. The van der Waals surface area contributed by atoms with Crippen LogP contribution in [0.5, 0.6) is 0 Å². The maximum absolute atomic E-state index is 5.87. The van der Waals surface area contributed by atoms with Gasteiger partial charge in [-0.25, -0.2) is 0 Å². The van der Waals surface area contributed by atoms with Gasteiger partial charge < -0.3 is 10.6 Å². The van der Waals surface area contributed by atoms with Gasteiger partial charge in [0.25, 0.3) is 0 Å². The van der Waals surface area contributed by atoms with E-state index in [0.717, 1.165) is 24.2 Å². The van der Waals surface area contributed by atoms with Crippen LogP contribution >= 0.6 is 0 Å². The van der Waals surface area contributed by atoms with E-state index in [1.165, 1.54) is 59.3 Å². The first-order valence-corrected chi connectivity index (χ1v) is 12.6. The lowest BCUT2D eigenvalue weighted by molar-refractivity contribution is 0.795. The third-order valence-electron chi connectivity index (χ3n) is 6.40. The fraction of sp³-hybridized carbons (Fsp3) is 0.250. The Morgan fingerprint density at radius 2 is 0.853 bits per heavy atom. The maximum Gasteiger partial charge on any atom is 0.0462 e. The van der Waals surface area contributed by atoms with Crippen molar-refractivity contribution in [2.24, 2.45) is 0 Å². The van der Waals surface area contributed by atoms with Gasteiger partial charge in [-0.05, 0) is 96.5 Å². The molecule has 0 bridgehead atoms. The molecule has 0 aliphatic carbocycles. The highest BCUT2D eigenvalue weighted by atomic mass is 15.1. The summed E-state index contributed by atoms with van der Waals surface area (Å²) in [5.74, 6) is 0. The second-order valence-corrected chi connectivity index (χ2v) is 9.04. The fourth-order valence-corrected chi connectivity index (χ4v) is 4.31. The molecule has 2 heteroatoms. The van der Waals surface area contributed by atoms with E-state index in [1.54, 1.807) is 0 Å². The number of rotatable bonds is 10. The summed E-state index contributed by atoms with van der Waals surface area (Å²) in [6, 6.07) is 35.0. The SMILES string of the molecule is CCCCc1ccc(N(c2ccc(CCCC)cc2)c2ccc(-c3ccc(N)cc3)cc2)cc1. The Morgan fingerprint density at radius 1 is 0.500 bits per heavy atom. The van der Waals surface area contributed by atoms with Crippen molar-refractivity contribution in [2.45, 2.75) is 52.4 Å². The number of nitrogen functional groups attached to an aromatic ring is 1. The maximum atomic E-state index is 5.87. The topological polar surface area (TPSA) is 29.3 Å². The number of nitrogens with zero attached hydrogens (tertiary/aromatic N) is 1. The molecule has 0 saturated carbocycles. The van der Waals surface area contributed by atoms with Crippen molar-refractivity contribution in [3.63, 3.8) is 0 Å². The van der Waals surface area contributed by atoms with E-state index in [9.17, 15) is 0 Å². The standard InChI is InChI=1S/C32H36N2/c1-3-5-7-25-9-19-30(20-10-25)34(31-21-11-26(12-22-31)8-6-4-2)32-23-15-28(16-24-32)27-13-17-29(33)18-14-27/h9-24H,3-8,33H2,1-2H3. The third-order valence-corrected chi connectivity index (χ3v) is 6.40. The molecular weight excluding hydrogens is 412 g/mol. The van der Waals surface area contributed by atoms with Gasteiger partial charge in [0.1, 0.15) is 0 Å². The largest absolute Gasteiger partial charge is 0.399 e. The van der Waals surface area contributed by atoms with Crippen molar-refractivity contribution in [3.05, 3.63) is 108 Å². The van der Waals surface area contributed by atoms with Crippen molar-refractivity contribution >= 4 is 22.7 Å². The van der Waals surface area contributed by atoms with Crippen LogP contribution in [0, 0.1) is 0 Å². The number of hydrogen-bond acceptors (Lipinski definition) is 2. The predicted molar refractivity (Wildman–Crippen MR) is 148 cm³/mol. The average molecular weight is 449 g/mol. The molecule has 0 spiro atoms. The van der Waals surface area contributed by atoms with Gasteiger partial charge in [-0.1, -0.05) is 75.2 Å². The van der Waals surface area contributed by atoms with E-state index in [2.05, 4.69) is 104 Å². The van der Waals surface area contributed by atoms with Crippen LogP contribution in [-0.4, -0.2) is 0 Å². The number of unbranched alkanes of at least 4 members (excludes halogenated alkanes) is 2. The van der Waals surface area contributed by atoms with Crippen LogP contribution in [0.3, 0.4) is 0 Å². The Balaban J connectivity index is 1.66. The van der Waals surface area contributed by atoms with Gasteiger partial charge in [0.05, 0.1) is 0 Å². The van der Waals surface area contributed by atoms with E-state index in [1.807, 2.05) is 12.1 Å². The average Bonchev–Trinajstić information content (AvgIpc) is 2.89. The minimum Gasteiger partial charge on any atom is -0.399 e. The van der Waals surface area contributed by atoms with Crippen molar-refractivity contribution in [1.29, 1.82) is 0 Å². The molecule has 174 valence electrons. The quantitative estimate of drug-likeness (QED) is 0.245. The van der Waals surface area contributed by atoms with Gasteiger partial charge >= 0.3 is 0 Å². The number of benzene rings is 4. The molecule has 0 aliphatic rings. The van der Waals surface area contributed by atoms with E-state index >= 15 is 0 Å². The van der Waals surface area contributed by atoms with Crippen LogP contribution in [-0.2, 0) is 12.8 Å². The van der Waals surface area contributed by atoms with Crippen molar-refractivity contribution in [2.75, 3.05) is 10.6 Å². The number of aryl methyl sites for hydroxylation is 2. The van der Waals surface area contributed by atoms with Gasteiger partial charge in [-0.15, -0.1) is 0 Å². The van der Waals surface area contributed by atoms with Crippen molar-refractivity contribution < 1.29 is 0 Å². The molecule has 4 rings (SSSR count). The molecule has 0 aromatic heterocycles. The minimum absolute atomic E-state index is 0.788. The molecule has 4 aromatic carbocycles. The molecule has 0 unspecified atom stereocenters. The monoisotopic (exact) mass is 448 g/mol. The Bertz CT molecular complexity index is 1090. The van der Waals surface area contributed by atoms with E-state index in [4.69, 9.17) is 5.73 Å². The molecule has 0 amide bonds. The van der Waals surface area contributed by atoms with Gasteiger partial charge in [0.15, 0.2) is 0 Å². The van der Waals surface area contributed by atoms with Crippen molar-refractivity contribution in [3.8, 4) is 11.1 Å². The molecule has 34 heavy (non-hydrogen) atoms. The highest BCUT2D eigenvalue weighted by Gasteiger charge is 2.13. The van der Waals surface area contributed by atoms with Crippen LogP contribution in [0.15, 0.2) is 97.1 Å². The predicted octanol–water partition coefficient (Wildman–Crippen LogP) is 9.09. The van der Waals surface area contributed by atoms with Crippen molar-refractivity contribution in [1.82, 2.24) is 0 Å². The van der Waals surface area contributed by atoms with Gasteiger partial charge in [-0.3, -0.25) is 0 Å². The molecule has 0 saturated heterocycles. The Hall–Kier alpha value is -3.52. The molecule has 4 aromatic rings. The fourth-order valence-electron chi connectivity index (χ4n) is 4.31. The van der Waals surface area contributed by atoms with Crippen LogP contribution in [0.1, 0.15) is 50.7 Å². The zero-order valence-electron chi connectivity index (χ0n) is 20.5. The Morgan fingerprint density at radius 3 is 1.24 bits per heavy atom. The Labute approximate surface area is 205 Å². The first-order chi connectivity index (χ1) is 16.7. The van der Waals surface area contributed by atoms with E-state index < -0.39 is 0 Å². The number of nitrogens with two attached hydrogens (primary N) is 1. The summed E-state index contributed by atoms with van der Waals surface area (Å²) in [5, 5.41) is 0. The molecule has 0 radical (unpaired) electrons. The second-order valence-electron chi connectivity index (χ2n) is 9.04. The summed E-state index contributed by atoms with van der Waals surface area (Å²) >= 11 is 0. The summed E-state index contributed by atoms with van der Waals surface area (Å²) in [7, 11) is 0. The van der Waals surface area contributed by atoms with Gasteiger partial charge in [0.2, 0.25) is 0 Å². The summed E-state index contributed by atoms with van der Waals surface area (Å²) in [5.41, 5.74) is 15.3. The van der Waals surface area contributed by atoms with Crippen LogP contribution < -0.4 is 10.6 Å². The summed E-state index contributed by atoms with van der Waals surface area (Å²) in [6.45, 7) is 4.49.